The number of aliphatic hydroxyl groups excluding tert-OH is 1. The first-order chi connectivity index (χ1) is 19.5. The van der Waals surface area contributed by atoms with Gasteiger partial charge in [-0.25, -0.2) is 0 Å². The van der Waals surface area contributed by atoms with Crippen LogP contribution in [-0.4, -0.2) is 47.6 Å². The number of carbonyl (C=O) groups excluding carboxylic acids is 1. The SMILES string of the molecule is O=C1c2c(O)cc(O)cc2O[C@@]12c1c(cc(O)c3c1O[C@@H](c1ccc(O)cc1)[C@H](O)C3)O[C@@]2(O)c1ccc(O)cc1. The Balaban J connectivity index is 1.50. The number of phenolic OH excluding ortho intramolecular Hbond substituents is 5. The fourth-order valence-corrected chi connectivity index (χ4v) is 5.90. The van der Waals surface area contributed by atoms with Crippen molar-refractivity contribution in [2.24, 2.45) is 0 Å². The van der Waals surface area contributed by atoms with E-state index in [1.807, 2.05) is 0 Å². The summed E-state index contributed by atoms with van der Waals surface area (Å²) in [5.41, 5.74) is -2.34. The first-order valence-corrected chi connectivity index (χ1v) is 12.6. The Hall–Kier alpha value is -5.13. The second kappa shape index (κ2) is 8.19. The van der Waals surface area contributed by atoms with Gasteiger partial charge in [-0.1, -0.05) is 12.1 Å². The highest BCUT2D eigenvalue weighted by molar-refractivity contribution is 6.12. The highest BCUT2D eigenvalue weighted by atomic mass is 16.7. The topological polar surface area (TPSA) is 186 Å². The molecule has 0 unspecified atom stereocenters. The maximum absolute atomic E-state index is 14.3. The summed E-state index contributed by atoms with van der Waals surface area (Å²) in [7, 11) is 0. The highest BCUT2D eigenvalue weighted by Crippen LogP contribution is 2.64. The standard InChI is InChI=1S/C30H22O11/c31-15-5-1-13(2-6-15)26-21(36)11-18-19(34)12-23-25(27(18)39-26)29(30(38,41-23)14-3-7-16(32)8-4-14)28(37)24-20(35)9-17(33)10-22(24)40-29/h1-10,12,21,26,31-36,38H,11H2/t21-,26+,29+,30+/m1/s1. The summed E-state index contributed by atoms with van der Waals surface area (Å²) in [6, 6.07) is 14.3. The van der Waals surface area contributed by atoms with Gasteiger partial charge in [-0.3, -0.25) is 4.79 Å². The van der Waals surface area contributed by atoms with Gasteiger partial charge in [-0.2, -0.15) is 0 Å². The van der Waals surface area contributed by atoms with Crippen LogP contribution in [0.15, 0.2) is 66.7 Å². The van der Waals surface area contributed by atoms with E-state index in [0.717, 1.165) is 12.1 Å². The fraction of sp³-hybridized carbons (Fsp3) is 0.167. The molecule has 0 saturated carbocycles. The minimum absolute atomic E-state index is 0.00456. The molecule has 11 nitrogen and oxygen atoms in total. The molecule has 0 saturated heterocycles. The van der Waals surface area contributed by atoms with Gasteiger partial charge in [0.1, 0.15) is 57.7 Å². The molecule has 1 spiro atoms. The number of aliphatic hydroxyl groups is 2. The molecule has 4 atom stereocenters. The predicted molar refractivity (Wildman–Crippen MR) is 138 cm³/mol. The van der Waals surface area contributed by atoms with Crippen LogP contribution < -0.4 is 14.2 Å². The summed E-state index contributed by atoms with van der Waals surface area (Å²) in [5.74, 6) is -5.55. The third kappa shape index (κ3) is 3.24. The zero-order chi connectivity index (χ0) is 28.8. The summed E-state index contributed by atoms with van der Waals surface area (Å²) in [6.07, 6.45) is -2.30. The van der Waals surface area contributed by atoms with Crippen LogP contribution in [0, 0.1) is 0 Å². The Morgan fingerprint density at radius 2 is 1.41 bits per heavy atom. The Morgan fingerprint density at radius 3 is 2.10 bits per heavy atom. The second-order valence-electron chi connectivity index (χ2n) is 10.2. The van der Waals surface area contributed by atoms with Crippen molar-refractivity contribution in [3.8, 4) is 46.0 Å². The molecular weight excluding hydrogens is 536 g/mol. The number of Topliss-reactive ketones (excluding diaryl/α,β-unsaturated/α-hetero) is 1. The van der Waals surface area contributed by atoms with E-state index in [1.165, 1.54) is 42.5 Å². The normalized spacial score (nSPS) is 25.6. The van der Waals surface area contributed by atoms with Crippen LogP contribution >= 0.6 is 0 Å². The van der Waals surface area contributed by atoms with Crippen molar-refractivity contribution < 1.29 is 54.8 Å². The van der Waals surface area contributed by atoms with E-state index in [0.29, 0.717) is 5.56 Å². The molecular formula is C30H22O11. The molecule has 0 bridgehead atoms. The molecule has 11 heteroatoms. The molecule has 0 aromatic heterocycles. The molecule has 0 fully saturated rings. The molecule has 4 aromatic rings. The van der Waals surface area contributed by atoms with Crippen LogP contribution in [0.5, 0.6) is 46.0 Å². The van der Waals surface area contributed by atoms with Gasteiger partial charge in [0.2, 0.25) is 5.78 Å². The molecule has 0 amide bonds. The first-order valence-electron chi connectivity index (χ1n) is 12.6. The largest absolute Gasteiger partial charge is 0.508 e. The minimum Gasteiger partial charge on any atom is -0.508 e. The molecule has 0 radical (unpaired) electrons. The average Bonchev–Trinajstić information content (AvgIpc) is 3.36. The Morgan fingerprint density at radius 1 is 0.756 bits per heavy atom. The molecule has 41 heavy (non-hydrogen) atoms. The minimum atomic E-state index is -2.63. The Kier molecular flexibility index (Phi) is 4.97. The number of ketones is 1. The first kappa shape index (κ1) is 24.9. The summed E-state index contributed by atoms with van der Waals surface area (Å²) in [6.45, 7) is 0. The van der Waals surface area contributed by atoms with Gasteiger partial charge in [0.15, 0.2) is 0 Å². The molecule has 3 heterocycles. The number of hydrogen-bond donors (Lipinski definition) is 7. The fourth-order valence-electron chi connectivity index (χ4n) is 5.90. The Bertz CT molecular complexity index is 1750. The van der Waals surface area contributed by atoms with E-state index in [2.05, 4.69) is 0 Å². The summed E-state index contributed by atoms with van der Waals surface area (Å²) >= 11 is 0. The van der Waals surface area contributed by atoms with E-state index < -0.39 is 40.9 Å². The van der Waals surface area contributed by atoms with E-state index >= 15 is 0 Å². The van der Waals surface area contributed by atoms with Gasteiger partial charge < -0.3 is 50.0 Å². The number of benzene rings is 4. The monoisotopic (exact) mass is 558 g/mol. The van der Waals surface area contributed by atoms with Crippen LogP contribution in [-0.2, 0) is 17.8 Å². The van der Waals surface area contributed by atoms with Crippen molar-refractivity contribution >= 4 is 5.78 Å². The van der Waals surface area contributed by atoms with Crippen molar-refractivity contribution in [1.29, 1.82) is 0 Å². The van der Waals surface area contributed by atoms with E-state index in [4.69, 9.17) is 14.2 Å². The van der Waals surface area contributed by atoms with E-state index in [9.17, 15) is 40.5 Å². The summed E-state index contributed by atoms with van der Waals surface area (Å²) in [4.78, 5) is 14.3. The Labute approximate surface area is 231 Å². The van der Waals surface area contributed by atoms with E-state index in [-0.39, 0.29) is 63.2 Å². The van der Waals surface area contributed by atoms with Crippen molar-refractivity contribution in [3.63, 3.8) is 0 Å². The van der Waals surface area contributed by atoms with Crippen LogP contribution in [0.2, 0.25) is 0 Å². The highest BCUT2D eigenvalue weighted by Gasteiger charge is 2.73. The summed E-state index contributed by atoms with van der Waals surface area (Å²) in [5, 5.41) is 74.6. The van der Waals surface area contributed by atoms with Gasteiger partial charge >= 0.3 is 0 Å². The number of rotatable bonds is 2. The van der Waals surface area contributed by atoms with Crippen LogP contribution in [0.4, 0.5) is 0 Å². The van der Waals surface area contributed by atoms with Gasteiger partial charge in [-0.05, 0) is 42.0 Å². The number of aromatic hydroxyl groups is 5. The number of ether oxygens (including phenoxy) is 3. The van der Waals surface area contributed by atoms with Crippen LogP contribution in [0.25, 0.3) is 0 Å². The van der Waals surface area contributed by atoms with Gasteiger partial charge in [0.25, 0.3) is 11.4 Å². The van der Waals surface area contributed by atoms with Crippen LogP contribution in [0.1, 0.15) is 38.7 Å². The van der Waals surface area contributed by atoms with Gasteiger partial charge in [-0.15, -0.1) is 0 Å². The number of carbonyl (C=O) groups is 1. The van der Waals surface area contributed by atoms with Crippen molar-refractivity contribution in [2.45, 2.75) is 30.0 Å². The molecule has 0 aliphatic carbocycles. The average molecular weight is 558 g/mol. The van der Waals surface area contributed by atoms with Gasteiger partial charge in [0, 0.05) is 35.7 Å². The lowest BCUT2D eigenvalue weighted by Crippen LogP contribution is -2.55. The molecule has 7 rings (SSSR count). The third-order valence-electron chi connectivity index (χ3n) is 7.78. The second-order valence-corrected chi connectivity index (χ2v) is 10.2. The quantitative estimate of drug-likeness (QED) is 0.192. The zero-order valence-corrected chi connectivity index (χ0v) is 21.0. The maximum atomic E-state index is 14.3. The van der Waals surface area contributed by atoms with Crippen LogP contribution in [0.3, 0.4) is 0 Å². The lowest BCUT2D eigenvalue weighted by molar-refractivity contribution is -0.218. The van der Waals surface area contributed by atoms with Crippen molar-refractivity contribution in [2.75, 3.05) is 0 Å². The predicted octanol–water partition coefficient (Wildman–Crippen LogP) is 2.96. The number of fused-ring (bicyclic) bond motifs is 5. The van der Waals surface area contributed by atoms with Crippen molar-refractivity contribution in [3.05, 3.63) is 94.5 Å². The zero-order valence-electron chi connectivity index (χ0n) is 21.0. The lowest BCUT2D eigenvalue weighted by atomic mass is 9.77. The molecule has 208 valence electrons. The smallest absolute Gasteiger partial charge is 0.287 e. The third-order valence-corrected chi connectivity index (χ3v) is 7.78. The molecule has 7 N–H and O–H groups in total. The van der Waals surface area contributed by atoms with Gasteiger partial charge in [0.05, 0.1) is 11.7 Å². The molecule has 4 aromatic carbocycles. The van der Waals surface area contributed by atoms with Crippen molar-refractivity contribution in [1.82, 2.24) is 0 Å². The number of hydrogen-bond acceptors (Lipinski definition) is 11. The molecule has 3 aliphatic heterocycles. The summed E-state index contributed by atoms with van der Waals surface area (Å²) < 4.78 is 18.5. The van der Waals surface area contributed by atoms with E-state index in [1.54, 1.807) is 12.1 Å². The molecule has 3 aliphatic rings. The lowest BCUT2D eigenvalue weighted by Gasteiger charge is -2.37. The number of phenols is 5. The maximum Gasteiger partial charge on any atom is 0.287 e.